The molecule has 0 bridgehead atoms. The van der Waals surface area contributed by atoms with Crippen LogP contribution in [0.5, 0.6) is 5.75 Å². The first-order chi connectivity index (χ1) is 10.9. The third-order valence-corrected chi connectivity index (χ3v) is 3.39. The summed E-state index contributed by atoms with van der Waals surface area (Å²) in [4.78, 5) is 25.8. The summed E-state index contributed by atoms with van der Waals surface area (Å²) >= 11 is 0. The Morgan fingerprint density at radius 1 is 1.22 bits per heavy atom. The Balaban J connectivity index is 2.21. The predicted octanol–water partition coefficient (Wildman–Crippen LogP) is 1.60. The van der Waals surface area contributed by atoms with E-state index in [0.29, 0.717) is 0 Å². The molecule has 1 aromatic carbocycles. The SMILES string of the molecule is N#Cc1ccc(OC(F)F)c(C(=O)N2CCN(C(=O)O)CC2)c1. The van der Waals surface area contributed by atoms with E-state index in [1.807, 2.05) is 6.07 Å². The Morgan fingerprint density at radius 2 is 1.83 bits per heavy atom. The summed E-state index contributed by atoms with van der Waals surface area (Å²) in [5.41, 5.74) is -0.00716. The van der Waals surface area contributed by atoms with Crippen molar-refractivity contribution < 1.29 is 28.2 Å². The largest absolute Gasteiger partial charge is 0.465 e. The first-order valence-electron chi connectivity index (χ1n) is 6.68. The zero-order valence-electron chi connectivity index (χ0n) is 11.9. The molecule has 1 fully saturated rings. The number of nitriles is 1. The van der Waals surface area contributed by atoms with Crippen LogP contribution in [0.1, 0.15) is 15.9 Å². The van der Waals surface area contributed by atoms with Gasteiger partial charge in [0.1, 0.15) is 5.75 Å². The molecule has 0 spiro atoms. The summed E-state index contributed by atoms with van der Waals surface area (Å²) in [6, 6.07) is 5.43. The zero-order valence-corrected chi connectivity index (χ0v) is 11.9. The molecule has 0 unspecified atom stereocenters. The van der Waals surface area contributed by atoms with Crippen LogP contribution in [-0.4, -0.2) is 59.7 Å². The van der Waals surface area contributed by atoms with Gasteiger partial charge in [-0.1, -0.05) is 0 Å². The average Bonchev–Trinajstić information content (AvgIpc) is 2.54. The molecule has 9 heteroatoms. The fraction of sp³-hybridized carbons (Fsp3) is 0.357. The average molecular weight is 325 g/mol. The molecule has 0 atom stereocenters. The van der Waals surface area contributed by atoms with Gasteiger partial charge >= 0.3 is 12.7 Å². The molecule has 1 heterocycles. The summed E-state index contributed by atoms with van der Waals surface area (Å²) < 4.78 is 29.2. The third kappa shape index (κ3) is 3.85. The van der Waals surface area contributed by atoms with Gasteiger partial charge in [-0.15, -0.1) is 0 Å². The molecule has 1 saturated heterocycles. The number of ether oxygens (including phenoxy) is 1. The fourth-order valence-electron chi connectivity index (χ4n) is 2.24. The number of nitrogens with zero attached hydrogens (tertiary/aromatic N) is 3. The molecule has 0 saturated carbocycles. The number of alkyl halides is 2. The molecular weight excluding hydrogens is 312 g/mol. The number of benzene rings is 1. The minimum atomic E-state index is -3.10. The second-order valence-corrected chi connectivity index (χ2v) is 4.76. The van der Waals surface area contributed by atoms with E-state index in [1.54, 1.807) is 0 Å². The number of carbonyl (C=O) groups excluding carboxylic acids is 1. The topological polar surface area (TPSA) is 93.9 Å². The molecule has 7 nitrogen and oxygen atoms in total. The van der Waals surface area contributed by atoms with Crippen LogP contribution < -0.4 is 4.74 Å². The number of rotatable bonds is 3. The van der Waals surface area contributed by atoms with Crippen molar-refractivity contribution in [3.63, 3.8) is 0 Å². The van der Waals surface area contributed by atoms with E-state index in [2.05, 4.69) is 4.74 Å². The number of carboxylic acid groups (broad SMARTS) is 1. The van der Waals surface area contributed by atoms with Crippen LogP contribution in [0.25, 0.3) is 0 Å². The Kier molecular flexibility index (Phi) is 4.95. The van der Waals surface area contributed by atoms with Crippen LogP contribution in [-0.2, 0) is 0 Å². The normalized spacial score (nSPS) is 14.5. The Labute approximate surface area is 130 Å². The van der Waals surface area contributed by atoms with Gasteiger partial charge in [-0.3, -0.25) is 4.79 Å². The minimum Gasteiger partial charge on any atom is -0.465 e. The number of piperazine rings is 1. The third-order valence-electron chi connectivity index (χ3n) is 3.39. The maximum atomic E-state index is 12.5. The number of hydrogen-bond acceptors (Lipinski definition) is 4. The second kappa shape index (κ2) is 6.91. The van der Waals surface area contributed by atoms with Gasteiger partial charge in [0, 0.05) is 26.2 Å². The van der Waals surface area contributed by atoms with Crippen LogP contribution in [0.2, 0.25) is 0 Å². The van der Waals surface area contributed by atoms with Crippen LogP contribution in [0, 0.1) is 11.3 Å². The number of amides is 2. The molecule has 0 aromatic heterocycles. The maximum absolute atomic E-state index is 12.5. The maximum Gasteiger partial charge on any atom is 0.407 e. The molecule has 2 amide bonds. The van der Waals surface area contributed by atoms with E-state index < -0.39 is 18.6 Å². The monoisotopic (exact) mass is 325 g/mol. The summed E-state index contributed by atoms with van der Waals surface area (Å²) in [5, 5.41) is 17.8. The van der Waals surface area contributed by atoms with Gasteiger partial charge in [0.05, 0.1) is 17.2 Å². The molecule has 0 aliphatic carbocycles. The van der Waals surface area contributed by atoms with Crippen molar-refractivity contribution in [2.45, 2.75) is 6.61 Å². The molecule has 122 valence electrons. The lowest BCUT2D eigenvalue weighted by molar-refractivity contribution is -0.0503. The van der Waals surface area contributed by atoms with Gasteiger partial charge in [0.25, 0.3) is 5.91 Å². The van der Waals surface area contributed by atoms with Crippen molar-refractivity contribution in [2.24, 2.45) is 0 Å². The van der Waals surface area contributed by atoms with Gasteiger partial charge < -0.3 is 19.6 Å². The predicted molar refractivity (Wildman–Crippen MR) is 73.3 cm³/mol. The van der Waals surface area contributed by atoms with E-state index in [9.17, 15) is 18.4 Å². The van der Waals surface area contributed by atoms with Crippen LogP contribution in [0.15, 0.2) is 18.2 Å². The van der Waals surface area contributed by atoms with Gasteiger partial charge in [-0.05, 0) is 18.2 Å². The fourth-order valence-corrected chi connectivity index (χ4v) is 2.24. The standard InChI is InChI=1S/C14H13F2N3O4/c15-13(16)23-11-2-1-9(8-17)7-10(11)12(20)18-3-5-19(6-4-18)14(21)22/h1-2,7,13H,3-6H2,(H,21,22). The Hall–Kier alpha value is -2.89. The van der Waals surface area contributed by atoms with Crippen LogP contribution >= 0.6 is 0 Å². The summed E-state index contributed by atoms with van der Waals surface area (Å²) in [6.07, 6.45) is -1.08. The molecule has 0 radical (unpaired) electrons. The van der Waals surface area contributed by atoms with E-state index in [0.717, 1.165) is 11.0 Å². The lowest BCUT2D eigenvalue weighted by atomic mass is 10.1. The molecule has 1 aliphatic rings. The minimum absolute atomic E-state index is 0.129. The Bertz CT molecular complexity index is 652. The number of hydrogen-bond donors (Lipinski definition) is 1. The van der Waals surface area contributed by atoms with Gasteiger partial charge in [0.15, 0.2) is 0 Å². The highest BCUT2D eigenvalue weighted by Crippen LogP contribution is 2.24. The number of carbonyl (C=O) groups is 2. The van der Waals surface area contributed by atoms with Crippen molar-refractivity contribution in [2.75, 3.05) is 26.2 Å². The van der Waals surface area contributed by atoms with Crippen LogP contribution in [0.4, 0.5) is 13.6 Å². The van der Waals surface area contributed by atoms with E-state index in [1.165, 1.54) is 17.0 Å². The molecular formula is C14H13F2N3O4. The van der Waals surface area contributed by atoms with Crippen molar-refractivity contribution in [3.05, 3.63) is 29.3 Å². The summed E-state index contributed by atoms with van der Waals surface area (Å²) in [7, 11) is 0. The second-order valence-electron chi connectivity index (χ2n) is 4.76. The highest BCUT2D eigenvalue weighted by molar-refractivity contribution is 5.97. The Morgan fingerprint density at radius 3 is 2.35 bits per heavy atom. The lowest BCUT2D eigenvalue weighted by Gasteiger charge is -2.33. The van der Waals surface area contributed by atoms with Crippen molar-refractivity contribution >= 4 is 12.0 Å². The first-order valence-corrected chi connectivity index (χ1v) is 6.68. The highest BCUT2D eigenvalue weighted by atomic mass is 19.3. The van der Waals surface area contributed by atoms with Gasteiger partial charge in [-0.25, -0.2) is 4.79 Å². The lowest BCUT2D eigenvalue weighted by Crippen LogP contribution is -2.50. The van der Waals surface area contributed by atoms with Gasteiger partial charge in [-0.2, -0.15) is 14.0 Å². The molecule has 1 aliphatic heterocycles. The molecule has 23 heavy (non-hydrogen) atoms. The van der Waals surface area contributed by atoms with Crippen molar-refractivity contribution in [1.29, 1.82) is 5.26 Å². The van der Waals surface area contributed by atoms with Gasteiger partial charge in [0.2, 0.25) is 0 Å². The van der Waals surface area contributed by atoms with E-state index in [4.69, 9.17) is 10.4 Å². The molecule has 1 N–H and O–H groups in total. The van der Waals surface area contributed by atoms with E-state index in [-0.39, 0.29) is 43.1 Å². The highest BCUT2D eigenvalue weighted by Gasteiger charge is 2.27. The summed E-state index contributed by atoms with van der Waals surface area (Å²) in [5.74, 6) is -0.896. The molecule has 1 aromatic rings. The van der Waals surface area contributed by atoms with Crippen molar-refractivity contribution in [3.8, 4) is 11.8 Å². The smallest absolute Gasteiger partial charge is 0.407 e. The zero-order chi connectivity index (χ0) is 17.0. The van der Waals surface area contributed by atoms with Crippen LogP contribution in [0.3, 0.4) is 0 Å². The summed E-state index contributed by atoms with van der Waals surface area (Å²) in [6.45, 7) is -2.57. The molecule has 2 rings (SSSR count). The van der Waals surface area contributed by atoms with E-state index >= 15 is 0 Å². The first kappa shape index (κ1) is 16.5. The van der Waals surface area contributed by atoms with Crippen molar-refractivity contribution in [1.82, 2.24) is 9.80 Å². The number of halogens is 2. The quantitative estimate of drug-likeness (QED) is 0.911.